The molecule has 1 fully saturated rings. The molecule has 2 aliphatic rings. The van der Waals surface area contributed by atoms with Gasteiger partial charge in [-0.1, -0.05) is 18.2 Å². The van der Waals surface area contributed by atoms with Gasteiger partial charge in [0.25, 0.3) is 0 Å². The van der Waals surface area contributed by atoms with E-state index in [1.165, 1.54) is 16.5 Å². The maximum atomic E-state index is 11.7. The fraction of sp³-hybridized carbons (Fsp3) is 0.350. The number of ether oxygens (including phenoxy) is 1. The van der Waals surface area contributed by atoms with E-state index in [9.17, 15) is 8.42 Å². The average Bonchev–Trinajstić information content (AvgIpc) is 2.91. The fourth-order valence-corrected chi connectivity index (χ4v) is 5.38. The van der Waals surface area contributed by atoms with Gasteiger partial charge >= 0.3 is 0 Å². The fourth-order valence-electron chi connectivity index (χ4n) is 3.71. The van der Waals surface area contributed by atoms with Crippen LogP contribution in [0.3, 0.4) is 0 Å². The molecule has 6 heteroatoms. The van der Waals surface area contributed by atoms with Crippen LogP contribution in [-0.2, 0) is 9.84 Å². The van der Waals surface area contributed by atoms with Gasteiger partial charge in [-0.3, -0.25) is 0 Å². The summed E-state index contributed by atoms with van der Waals surface area (Å²) >= 11 is 0. The molecule has 4 rings (SSSR count). The van der Waals surface area contributed by atoms with E-state index in [4.69, 9.17) is 4.74 Å². The lowest BCUT2D eigenvalue weighted by Crippen LogP contribution is -2.57. The van der Waals surface area contributed by atoms with Crippen LogP contribution in [0.15, 0.2) is 41.8 Å². The smallest absolute Gasteiger partial charge is 0.237 e. The lowest BCUT2D eigenvalue weighted by molar-refractivity contribution is 0.325. The Labute approximate surface area is 154 Å². The van der Waals surface area contributed by atoms with Gasteiger partial charge in [0.1, 0.15) is 0 Å². The highest BCUT2D eigenvalue weighted by Gasteiger charge is 2.48. The SMILES string of the molecule is COc1nc(-c2ccc(C)c(C)c2)ccc1N1CC2(C=CS(=O)(=O)C2)C1. The number of aryl methyl sites for hydroxylation is 2. The monoisotopic (exact) mass is 370 g/mol. The van der Waals surface area contributed by atoms with Crippen molar-refractivity contribution in [3.63, 3.8) is 0 Å². The van der Waals surface area contributed by atoms with Crippen molar-refractivity contribution in [2.75, 3.05) is 30.9 Å². The van der Waals surface area contributed by atoms with E-state index in [0.29, 0.717) is 19.0 Å². The molecule has 1 aromatic heterocycles. The number of benzene rings is 1. The Hall–Kier alpha value is -2.34. The quantitative estimate of drug-likeness (QED) is 0.831. The van der Waals surface area contributed by atoms with Crippen LogP contribution < -0.4 is 9.64 Å². The topological polar surface area (TPSA) is 59.5 Å². The zero-order chi connectivity index (χ0) is 18.5. The van der Waals surface area contributed by atoms with Crippen molar-refractivity contribution in [2.45, 2.75) is 13.8 Å². The summed E-state index contributed by atoms with van der Waals surface area (Å²) in [6, 6.07) is 10.3. The molecule has 0 amide bonds. The van der Waals surface area contributed by atoms with Crippen LogP contribution in [0.25, 0.3) is 11.3 Å². The lowest BCUT2D eigenvalue weighted by Gasteiger charge is -2.48. The minimum atomic E-state index is -3.04. The zero-order valence-corrected chi connectivity index (χ0v) is 16.0. The molecule has 136 valence electrons. The molecular weight excluding hydrogens is 348 g/mol. The number of aromatic nitrogens is 1. The molecule has 0 unspecified atom stereocenters. The highest BCUT2D eigenvalue weighted by Crippen LogP contribution is 2.43. The minimum absolute atomic E-state index is 0.201. The van der Waals surface area contributed by atoms with Gasteiger partial charge in [0.15, 0.2) is 9.84 Å². The molecule has 2 aliphatic heterocycles. The summed E-state index contributed by atoms with van der Waals surface area (Å²) in [6.07, 6.45) is 1.84. The normalized spacial score (nSPS) is 19.6. The van der Waals surface area contributed by atoms with Crippen LogP contribution in [0.1, 0.15) is 11.1 Å². The van der Waals surface area contributed by atoms with Crippen LogP contribution in [0.4, 0.5) is 5.69 Å². The molecule has 1 spiro atoms. The van der Waals surface area contributed by atoms with E-state index in [0.717, 1.165) is 16.9 Å². The van der Waals surface area contributed by atoms with Crippen LogP contribution in [-0.4, -0.2) is 39.4 Å². The third-order valence-corrected chi connectivity index (χ3v) is 6.83. The molecule has 1 aromatic carbocycles. The summed E-state index contributed by atoms with van der Waals surface area (Å²) in [5, 5.41) is 1.35. The summed E-state index contributed by atoms with van der Waals surface area (Å²) in [5.74, 6) is 0.771. The first kappa shape index (κ1) is 17.1. The lowest BCUT2D eigenvalue weighted by atomic mass is 9.82. The summed E-state index contributed by atoms with van der Waals surface area (Å²) < 4.78 is 29.0. The molecule has 0 N–H and O–H groups in total. The van der Waals surface area contributed by atoms with Crippen molar-refractivity contribution in [1.29, 1.82) is 0 Å². The molecule has 0 aliphatic carbocycles. The van der Waals surface area contributed by atoms with Crippen molar-refractivity contribution in [2.24, 2.45) is 5.41 Å². The Morgan fingerprint density at radius 1 is 1.12 bits per heavy atom. The molecule has 5 nitrogen and oxygen atoms in total. The summed E-state index contributed by atoms with van der Waals surface area (Å²) in [4.78, 5) is 6.80. The van der Waals surface area contributed by atoms with Gasteiger partial charge in [0, 0.05) is 29.5 Å². The van der Waals surface area contributed by atoms with Crippen LogP contribution in [0, 0.1) is 19.3 Å². The van der Waals surface area contributed by atoms with Gasteiger partial charge in [-0.15, -0.1) is 0 Å². The Balaban J connectivity index is 1.59. The Morgan fingerprint density at radius 2 is 1.88 bits per heavy atom. The second-order valence-electron chi connectivity index (χ2n) is 7.35. The number of hydrogen-bond donors (Lipinski definition) is 0. The van der Waals surface area contributed by atoms with Gasteiger partial charge in [-0.2, -0.15) is 0 Å². The van der Waals surface area contributed by atoms with E-state index in [1.807, 2.05) is 18.2 Å². The Kier molecular flexibility index (Phi) is 3.84. The van der Waals surface area contributed by atoms with Crippen molar-refractivity contribution in [3.8, 4) is 17.1 Å². The molecule has 2 aromatic rings. The number of nitrogens with zero attached hydrogens (tertiary/aromatic N) is 2. The molecule has 0 radical (unpaired) electrons. The number of hydrogen-bond acceptors (Lipinski definition) is 5. The molecule has 0 bridgehead atoms. The van der Waals surface area contributed by atoms with Gasteiger partial charge in [-0.05, 0) is 43.2 Å². The maximum absolute atomic E-state index is 11.7. The summed E-state index contributed by atoms with van der Waals surface area (Å²) in [6.45, 7) is 5.52. The summed E-state index contributed by atoms with van der Waals surface area (Å²) in [5.41, 5.74) is 5.06. The van der Waals surface area contributed by atoms with E-state index in [2.05, 4.69) is 41.9 Å². The van der Waals surface area contributed by atoms with E-state index in [1.54, 1.807) is 7.11 Å². The second-order valence-corrected chi connectivity index (χ2v) is 9.24. The van der Waals surface area contributed by atoms with Crippen LogP contribution >= 0.6 is 0 Å². The van der Waals surface area contributed by atoms with E-state index in [-0.39, 0.29) is 11.2 Å². The molecule has 0 saturated carbocycles. The van der Waals surface area contributed by atoms with E-state index < -0.39 is 9.84 Å². The Bertz CT molecular complexity index is 1010. The number of pyridine rings is 1. The summed E-state index contributed by atoms with van der Waals surface area (Å²) in [7, 11) is -1.42. The number of anilines is 1. The predicted octanol–water partition coefficient (Wildman–Crippen LogP) is 3.12. The molecular formula is C20H22N2O3S. The third kappa shape index (κ3) is 2.88. The predicted molar refractivity (Wildman–Crippen MR) is 103 cm³/mol. The Morgan fingerprint density at radius 3 is 2.50 bits per heavy atom. The molecule has 26 heavy (non-hydrogen) atoms. The van der Waals surface area contributed by atoms with Crippen molar-refractivity contribution in [3.05, 3.63) is 52.9 Å². The zero-order valence-electron chi connectivity index (χ0n) is 15.2. The largest absolute Gasteiger partial charge is 0.480 e. The van der Waals surface area contributed by atoms with Gasteiger partial charge in [0.05, 0.1) is 24.2 Å². The average molecular weight is 370 g/mol. The first-order valence-corrected chi connectivity index (χ1v) is 10.3. The van der Waals surface area contributed by atoms with Crippen LogP contribution in [0.5, 0.6) is 5.88 Å². The highest BCUT2D eigenvalue weighted by atomic mass is 32.2. The van der Waals surface area contributed by atoms with Gasteiger partial charge < -0.3 is 9.64 Å². The van der Waals surface area contributed by atoms with Gasteiger partial charge in [0.2, 0.25) is 5.88 Å². The van der Waals surface area contributed by atoms with Crippen molar-refractivity contribution < 1.29 is 13.2 Å². The molecule has 3 heterocycles. The second kappa shape index (κ2) is 5.84. The van der Waals surface area contributed by atoms with E-state index >= 15 is 0 Å². The minimum Gasteiger partial charge on any atom is -0.480 e. The maximum Gasteiger partial charge on any atom is 0.237 e. The number of sulfone groups is 1. The van der Waals surface area contributed by atoms with Crippen molar-refractivity contribution in [1.82, 2.24) is 4.98 Å². The molecule has 0 atom stereocenters. The number of methoxy groups -OCH3 is 1. The first-order valence-electron chi connectivity index (χ1n) is 8.60. The first-order chi connectivity index (χ1) is 12.3. The van der Waals surface area contributed by atoms with Crippen LogP contribution in [0.2, 0.25) is 0 Å². The molecule has 1 saturated heterocycles. The third-order valence-electron chi connectivity index (χ3n) is 5.31. The van der Waals surface area contributed by atoms with Gasteiger partial charge in [-0.25, -0.2) is 13.4 Å². The number of rotatable bonds is 3. The standard InChI is InChI=1S/C20H22N2O3S/c1-14-4-5-16(10-15(14)2)17-6-7-18(19(21-17)25-3)22-11-20(12-22)8-9-26(23,24)13-20/h4-10H,11-13H2,1-3H3. The highest BCUT2D eigenvalue weighted by molar-refractivity contribution is 7.94. The van der Waals surface area contributed by atoms with Crippen molar-refractivity contribution >= 4 is 15.5 Å².